The van der Waals surface area contributed by atoms with Crippen molar-refractivity contribution in [2.45, 2.75) is 6.54 Å². The Hall–Kier alpha value is -3.51. The molecule has 3 aromatic carbocycles. The predicted molar refractivity (Wildman–Crippen MR) is 151 cm³/mol. The molecule has 0 aliphatic carbocycles. The van der Waals surface area contributed by atoms with Gasteiger partial charge in [-0.15, -0.1) is 0 Å². The van der Waals surface area contributed by atoms with Gasteiger partial charge < -0.3 is 24.1 Å². The van der Waals surface area contributed by atoms with Crippen LogP contribution in [-0.2, 0) is 16.0 Å². The van der Waals surface area contributed by atoms with Crippen molar-refractivity contribution in [1.29, 1.82) is 0 Å². The van der Waals surface area contributed by atoms with Crippen molar-refractivity contribution in [2.24, 2.45) is 4.99 Å². The van der Waals surface area contributed by atoms with Crippen LogP contribution in [0.25, 0.3) is 0 Å². The molecule has 0 saturated heterocycles. The number of aliphatic imine (C=N–C) groups is 1. The third kappa shape index (κ3) is 8.75. The number of halogens is 1. The van der Waals surface area contributed by atoms with E-state index >= 15 is 0 Å². The Morgan fingerprint density at radius 3 is 2.13 bits per heavy atom. The van der Waals surface area contributed by atoms with Gasteiger partial charge in [0.05, 0.1) is 37.0 Å². The summed E-state index contributed by atoms with van der Waals surface area (Å²) in [4.78, 5) is 16.9. The molecule has 0 aromatic heterocycles. The highest BCUT2D eigenvalue weighted by molar-refractivity contribution is 9.10. The first-order valence-corrected chi connectivity index (χ1v) is 13.3. The van der Waals surface area contributed by atoms with Crippen LogP contribution in [0.4, 0.5) is 11.4 Å². The van der Waals surface area contributed by atoms with E-state index < -0.39 is 4.92 Å². The van der Waals surface area contributed by atoms with Gasteiger partial charge in [0.1, 0.15) is 19.0 Å². The van der Waals surface area contributed by atoms with Gasteiger partial charge in [-0.1, -0.05) is 28.1 Å². The number of benzene rings is 3. The molecular weight excluding hydrogens is 570 g/mol. The zero-order valence-electron chi connectivity index (χ0n) is 21.3. The fourth-order valence-corrected chi connectivity index (χ4v) is 4.44. The van der Waals surface area contributed by atoms with Crippen LogP contribution in [-0.4, -0.2) is 73.9 Å². The molecule has 0 atom stereocenters. The smallest absolute Gasteiger partial charge is 0.269 e. The Bertz CT molecular complexity index is 1240. The van der Waals surface area contributed by atoms with Crippen LogP contribution in [0, 0.1) is 10.1 Å². The second-order valence-electron chi connectivity index (χ2n) is 8.68. The van der Waals surface area contributed by atoms with Gasteiger partial charge in [0.25, 0.3) is 5.69 Å². The summed E-state index contributed by atoms with van der Waals surface area (Å²) in [6.45, 7) is 4.39. The van der Waals surface area contributed by atoms with Crippen LogP contribution >= 0.6 is 15.9 Å². The number of phenolic OH excluding ortho intramolecular Hbond substituents is 1. The fourth-order valence-electron chi connectivity index (χ4n) is 3.91. The van der Waals surface area contributed by atoms with E-state index in [9.17, 15) is 15.2 Å². The number of rotatable bonds is 5. The number of fused-ring (bicyclic) bond motifs is 1. The molecule has 0 spiro atoms. The Balaban J connectivity index is 1.40. The maximum absolute atomic E-state index is 11.0. The van der Waals surface area contributed by atoms with E-state index in [4.69, 9.17) is 18.9 Å². The molecule has 206 valence electrons. The average molecular weight is 600 g/mol. The van der Waals surface area contributed by atoms with E-state index in [1.165, 1.54) is 12.1 Å². The zero-order chi connectivity index (χ0) is 27.5. The summed E-state index contributed by atoms with van der Waals surface area (Å²) in [5.74, 6) is 1.47. The number of phenols is 1. The maximum atomic E-state index is 11.0. The zero-order valence-corrected chi connectivity index (χ0v) is 22.9. The minimum Gasteiger partial charge on any atom is -0.507 e. The van der Waals surface area contributed by atoms with Crippen molar-refractivity contribution in [3.05, 3.63) is 86.4 Å². The minimum atomic E-state index is -0.460. The third-order valence-corrected chi connectivity index (χ3v) is 6.37. The molecule has 0 fully saturated rings. The second-order valence-corrected chi connectivity index (χ2v) is 9.59. The molecule has 1 aliphatic rings. The van der Waals surface area contributed by atoms with E-state index in [1.54, 1.807) is 24.4 Å². The van der Waals surface area contributed by atoms with Crippen molar-refractivity contribution >= 4 is 33.5 Å². The van der Waals surface area contributed by atoms with E-state index in [2.05, 4.69) is 25.8 Å². The molecule has 0 unspecified atom stereocenters. The highest BCUT2D eigenvalue weighted by atomic mass is 79.9. The van der Waals surface area contributed by atoms with Gasteiger partial charge in [-0.2, -0.15) is 0 Å². The van der Waals surface area contributed by atoms with Gasteiger partial charge in [-0.05, 0) is 36.4 Å². The van der Waals surface area contributed by atoms with E-state index in [-0.39, 0.29) is 11.4 Å². The maximum Gasteiger partial charge on any atom is 0.269 e. The summed E-state index contributed by atoms with van der Waals surface area (Å²) in [5, 5.41) is 21.9. The standard InChI is InChI=1S/C28H30BrN3O7/c29-23-17-21(19-30-24-5-7-25(8-6-24)32(34)35)28(33)22(18-23)20-31-9-11-36-13-15-38-26-3-1-2-4-27(26)39-16-14-37-12-10-31/h1-8,17-19,33H,9-16,20H2. The van der Waals surface area contributed by atoms with Gasteiger partial charge in [-0.25, -0.2) is 0 Å². The molecule has 0 radical (unpaired) electrons. The summed E-state index contributed by atoms with van der Waals surface area (Å²) in [6.07, 6.45) is 1.54. The molecule has 1 aliphatic heterocycles. The molecule has 0 saturated carbocycles. The average Bonchev–Trinajstić information content (AvgIpc) is 2.94. The summed E-state index contributed by atoms with van der Waals surface area (Å²) in [6, 6.07) is 17.1. The number of nitrogens with zero attached hydrogens (tertiary/aromatic N) is 3. The van der Waals surface area contributed by atoms with Crippen LogP contribution in [0.2, 0.25) is 0 Å². The van der Waals surface area contributed by atoms with Crippen molar-refractivity contribution in [3.8, 4) is 17.2 Å². The summed E-state index contributed by atoms with van der Waals surface area (Å²) < 4.78 is 24.0. The lowest BCUT2D eigenvalue weighted by Crippen LogP contribution is -2.31. The largest absolute Gasteiger partial charge is 0.507 e. The first-order valence-electron chi connectivity index (χ1n) is 12.5. The molecule has 0 amide bonds. The Kier molecular flexibility index (Phi) is 10.7. The van der Waals surface area contributed by atoms with Crippen LogP contribution in [0.1, 0.15) is 11.1 Å². The van der Waals surface area contributed by atoms with Gasteiger partial charge in [-0.3, -0.25) is 20.0 Å². The number of ether oxygens (including phenoxy) is 4. The number of nitro benzene ring substituents is 1. The van der Waals surface area contributed by atoms with Crippen LogP contribution < -0.4 is 9.47 Å². The van der Waals surface area contributed by atoms with Crippen molar-refractivity contribution < 1.29 is 29.0 Å². The summed E-state index contributed by atoms with van der Waals surface area (Å²) in [7, 11) is 0. The third-order valence-electron chi connectivity index (χ3n) is 5.91. The SMILES string of the molecule is O=[N+]([O-])c1ccc(N=Cc2cc(Br)cc(CN3CCOCCOc4ccccc4OCCOCC3)c2O)cc1. The van der Waals surface area contributed by atoms with E-state index in [1.807, 2.05) is 30.3 Å². The van der Waals surface area contributed by atoms with Crippen LogP contribution in [0.5, 0.6) is 17.2 Å². The highest BCUT2D eigenvalue weighted by Gasteiger charge is 2.14. The number of nitro groups is 1. The molecule has 0 bridgehead atoms. The van der Waals surface area contributed by atoms with Crippen LogP contribution in [0.15, 0.2) is 70.1 Å². The van der Waals surface area contributed by atoms with E-state index in [0.717, 1.165) is 10.0 Å². The molecular formula is C28H30BrN3O7. The number of non-ortho nitro benzene ring substituents is 1. The molecule has 10 nitrogen and oxygen atoms in total. The van der Waals surface area contributed by atoms with Gasteiger partial charge in [0, 0.05) is 53.6 Å². The molecule has 11 heteroatoms. The first kappa shape index (κ1) is 28.5. The highest BCUT2D eigenvalue weighted by Crippen LogP contribution is 2.29. The van der Waals surface area contributed by atoms with Crippen molar-refractivity contribution in [3.63, 3.8) is 0 Å². The molecule has 39 heavy (non-hydrogen) atoms. The van der Waals surface area contributed by atoms with Crippen molar-refractivity contribution in [2.75, 3.05) is 52.7 Å². The molecule has 1 N–H and O–H groups in total. The Morgan fingerprint density at radius 2 is 1.54 bits per heavy atom. The van der Waals surface area contributed by atoms with Gasteiger partial charge >= 0.3 is 0 Å². The Morgan fingerprint density at radius 1 is 0.923 bits per heavy atom. The quantitative estimate of drug-likeness (QED) is 0.244. The molecule has 3 aromatic rings. The van der Waals surface area contributed by atoms with Gasteiger partial charge in [0.2, 0.25) is 0 Å². The predicted octanol–water partition coefficient (Wildman–Crippen LogP) is 5.12. The fraction of sp³-hybridized carbons (Fsp3) is 0.321. The summed E-state index contributed by atoms with van der Waals surface area (Å²) >= 11 is 3.53. The van der Waals surface area contributed by atoms with Crippen molar-refractivity contribution in [1.82, 2.24) is 4.90 Å². The normalized spacial score (nSPS) is 15.9. The minimum absolute atomic E-state index is 0.00698. The van der Waals surface area contributed by atoms with Crippen LogP contribution in [0.3, 0.4) is 0 Å². The number of hydrogen-bond acceptors (Lipinski definition) is 9. The van der Waals surface area contributed by atoms with Gasteiger partial charge in [0.15, 0.2) is 11.5 Å². The topological polar surface area (TPSA) is 116 Å². The van der Waals surface area contributed by atoms with E-state index in [0.29, 0.717) is 82.0 Å². The lowest BCUT2D eigenvalue weighted by atomic mass is 10.1. The molecule has 4 rings (SSSR count). The molecule has 1 heterocycles. The summed E-state index contributed by atoms with van der Waals surface area (Å²) in [5.41, 5.74) is 1.77. The lowest BCUT2D eigenvalue weighted by Gasteiger charge is -2.23. The number of aromatic hydroxyl groups is 1. The second kappa shape index (κ2) is 14.6. The Labute approximate surface area is 235 Å². The lowest BCUT2D eigenvalue weighted by molar-refractivity contribution is -0.384. The number of hydrogen-bond donors (Lipinski definition) is 1. The number of para-hydroxylation sites is 2. The monoisotopic (exact) mass is 599 g/mol. The first-order chi connectivity index (χ1) is 19.0.